The van der Waals surface area contributed by atoms with E-state index in [2.05, 4.69) is 10.6 Å². The average molecular weight is 497 g/mol. The van der Waals surface area contributed by atoms with Gasteiger partial charge in [-0.3, -0.25) is 9.59 Å². The van der Waals surface area contributed by atoms with Crippen molar-refractivity contribution in [1.82, 2.24) is 10.6 Å². The highest BCUT2D eigenvalue weighted by Gasteiger charge is 2.29. The van der Waals surface area contributed by atoms with Crippen molar-refractivity contribution in [3.63, 3.8) is 0 Å². The number of thioether (sulfide) groups is 1. The standard InChI is InChI=1S/C24H36N2O7S/c1-23(2,3)32-19(27)13-12-17(26-22(31)33-24(4,5)6)20(28)25-18(21(29)30)15-34-14-16-10-8-7-9-11-16/h7-11,17-18H,12-15H2,1-6H3,(H,25,28)(H,26,31)(H,29,30)/t17-,18+/m0/s1. The number of benzene rings is 1. The van der Waals surface area contributed by atoms with Crippen LogP contribution in [0.1, 0.15) is 59.9 Å². The van der Waals surface area contributed by atoms with Crippen LogP contribution in [0.15, 0.2) is 30.3 Å². The highest BCUT2D eigenvalue weighted by molar-refractivity contribution is 7.98. The number of hydrogen-bond acceptors (Lipinski definition) is 7. The van der Waals surface area contributed by atoms with E-state index in [-0.39, 0.29) is 18.6 Å². The van der Waals surface area contributed by atoms with Crippen molar-refractivity contribution < 1.29 is 33.8 Å². The topological polar surface area (TPSA) is 131 Å². The van der Waals surface area contributed by atoms with E-state index in [4.69, 9.17) is 9.47 Å². The summed E-state index contributed by atoms with van der Waals surface area (Å²) in [6.07, 6.45) is -1.07. The number of esters is 1. The molecule has 10 heteroatoms. The Labute approximate surface area is 205 Å². The Balaban J connectivity index is 2.81. The molecule has 1 aromatic carbocycles. The Morgan fingerprint density at radius 3 is 2.03 bits per heavy atom. The fourth-order valence-electron chi connectivity index (χ4n) is 2.69. The molecule has 0 radical (unpaired) electrons. The van der Waals surface area contributed by atoms with E-state index in [0.29, 0.717) is 5.75 Å². The van der Waals surface area contributed by atoms with Gasteiger partial charge in [0, 0.05) is 17.9 Å². The van der Waals surface area contributed by atoms with Crippen molar-refractivity contribution in [2.45, 2.75) is 83.4 Å². The smallest absolute Gasteiger partial charge is 0.408 e. The van der Waals surface area contributed by atoms with Crippen molar-refractivity contribution in [3.8, 4) is 0 Å². The minimum absolute atomic E-state index is 0.0799. The van der Waals surface area contributed by atoms with E-state index in [1.807, 2.05) is 30.3 Å². The maximum Gasteiger partial charge on any atom is 0.408 e. The molecule has 0 heterocycles. The molecule has 1 rings (SSSR count). The van der Waals surface area contributed by atoms with Gasteiger partial charge < -0.3 is 25.2 Å². The van der Waals surface area contributed by atoms with Crippen LogP contribution in [0, 0.1) is 0 Å². The second kappa shape index (κ2) is 13.2. The molecule has 0 unspecified atom stereocenters. The Bertz CT molecular complexity index is 832. The van der Waals surface area contributed by atoms with Crippen molar-refractivity contribution >= 4 is 35.7 Å². The van der Waals surface area contributed by atoms with Gasteiger partial charge in [0.05, 0.1) is 0 Å². The quantitative estimate of drug-likeness (QED) is 0.397. The predicted molar refractivity (Wildman–Crippen MR) is 130 cm³/mol. The van der Waals surface area contributed by atoms with E-state index in [0.717, 1.165) is 5.56 Å². The van der Waals surface area contributed by atoms with E-state index in [1.165, 1.54) is 11.8 Å². The molecule has 190 valence electrons. The summed E-state index contributed by atoms with van der Waals surface area (Å²) in [5.41, 5.74) is -0.462. The molecule has 0 aromatic heterocycles. The third kappa shape index (κ3) is 13.1. The molecule has 9 nitrogen and oxygen atoms in total. The molecule has 0 aliphatic carbocycles. The lowest BCUT2D eigenvalue weighted by Crippen LogP contribution is -2.53. The summed E-state index contributed by atoms with van der Waals surface area (Å²) in [5, 5.41) is 14.5. The summed E-state index contributed by atoms with van der Waals surface area (Å²) in [4.78, 5) is 49.0. The fourth-order valence-corrected chi connectivity index (χ4v) is 3.70. The Hall–Kier alpha value is -2.75. The zero-order valence-corrected chi connectivity index (χ0v) is 21.5. The number of ether oxygens (including phenoxy) is 2. The first-order valence-electron chi connectivity index (χ1n) is 11.0. The number of hydrogen-bond donors (Lipinski definition) is 3. The monoisotopic (exact) mass is 496 g/mol. The first-order valence-corrected chi connectivity index (χ1v) is 12.2. The van der Waals surface area contributed by atoms with E-state index < -0.39 is 47.2 Å². The molecule has 34 heavy (non-hydrogen) atoms. The molecule has 0 aliphatic rings. The largest absolute Gasteiger partial charge is 0.480 e. The van der Waals surface area contributed by atoms with Gasteiger partial charge in [-0.2, -0.15) is 11.8 Å². The lowest BCUT2D eigenvalue weighted by molar-refractivity contribution is -0.155. The zero-order valence-electron chi connectivity index (χ0n) is 20.7. The molecule has 2 amide bonds. The number of carbonyl (C=O) groups excluding carboxylic acids is 3. The molecule has 0 saturated heterocycles. The van der Waals surface area contributed by atoms with Gasteiger partial charge in [0.2, 0.25) is 5.91 Å². The summed E-state index contributed by atoms with van der Waals surface area (Å²) in [7, 11) is 0. The zero-order chi connectivity index (χ0) is 25.9. The van der Waals surface area contributed by atoms with Crippen LogP contribution in [-0.2, 0) is 29.6 Å². The number of amides is 2. The third-order valence-corrected chi connectivity index (χ3v) is 5.18. The molecule has 0 spiro atoms. The normalized spacial score (nSPS) is 13.4. The van der Waals surface area contributed by atoms with Crippen LogP contribution < -0.4 is 10.6 Å². The van der Waals surface area contributed by atoms with Crippen LogP contribution in [0.25, 0.3) is 0 Å². The minimum atomic E-state index is -1.20. The average Bonchev–Trinajstić information content (AvgIpc) is 2.68. The van der Waals surface area contributed by atoms with Crippen LogP contribution in [-0.4, -0.2) is 58.1 Å². The summed E-state index contributed by atoms with van der Waals surface area (Å²) in [6.45, 7) is 10.2. The number of nitrogens with one attached hydrogen (secondary N) is 2. The number of carboxylic acids is 1. The van der Waals surface area contributed by atoms with Gasteiger partial charge in [0.25, 0.3) is 0 Å². The van der Waals surface area contributed by atoms with Gasteiger partial charge in [-0.25, -0.2) is 9.59 Å². The summed E-state index contributed by atoms with van der Waals surface area (Å²) in [5.74, 6) is -1.75. The molecular formula is C24H36N2O7S. The fraction of sp³-hybridized carbons (Fsp3) is 0.583. The molecule has 0 fully saturated rings. The third-order valence-electron chi connectivity index (χ3n) is 4.08. The second-order valence-electron chi connectivity index (χ2n) is 9.72. The van der Waals surface area contributed by atoms with Crippen LogP contribution in [0.2, 0.25) is 0 Å². The Kier molecular flexibility index (Phi) is 11.4. The highest BCUT2D eigenvalue weighted by atomic mass is 32.2. The lowest BCUT2D eigenvalue weighted by atomic mass is 10.1. The maximum absolute atomic E-state index is 12.9. The second-order valence-corrected chi connectivity index (χ2v) is 10.8. The maximum atomic E-state index is 12.9. The molecule has 3 N–H and O–H groups in total. The van der Waals surface area contributed by atoms with Crippen LogP contribution in [0.3, 0.4) is 0 Å². The number of alkyl carbamates (subject to hydrolysis) is 1. The number of carboxylic acid groups (broad SMARTS) is 1. The first kappa shape index (κ1) is 29.3. The SMILES string of the molecule is CC(C)(C)OC(=O)CC[C@H](NC(=O)OC(C)(C)C)C(=O)N[C@H](CSCc1ccccc1)C(=O)O. The van der Waals surface area contributed by atoms with E-state index in [9.17, 15) is 24.3 Å². The number of carbonyl (C=O) groups is 4. The van der Waals surface area contributed by atoms with Gasteiger partial charge in [-0.1, -0.05) is 30.3 Å². The predicted octanol–water partition coefficient (Wildman–Crippen LogP) is 3.50. The van der Waals surface area contributed by atoms with Crippen LogP contribution >= 0.6 is 11.8 Å². The van der Waals surface area contributed by atoms with Crippen molar-refractivity contribution in [2.75, 3.05) is 5.75 Å². The molecule has 0 bridgehead atoms. The summed E-state index contributed by atoms with van der Waals surface area (Å²) < 4.78 is 10.5. The van der Waals surface area contributed by atoms with Crippen LogP contribution in [0.5, 0.6) is 0 Å². The van der Waals surface area contributed by atoms with Crippen molar-refractivity contribution in [3.05, 3.63) is 35.9 Å². The van der Waals surface area contributed by atoms with E-state index in [1.54, 1.807) is 41.5 Å². The molecule has 0 saturated carbocycles. The molecular weight excluding hydrogens is 460 g/mol. The minimum Gasteiger partial charge on any atom is -0.480 e. The van der Waals surface area contributed by atoms with E-state index >= 15 is 0 Å². The summed E-state index contributed by atoms with van der Waals surface area (Å²) >= 11 is 1.36. The Morgan fingerprint density at radius 1 is 0.912 bits per heavy atom. The van der Waals surface area contributed by atoms with Gasteiger partial charge in [-0.15, -0.1) is 0 Å². The Morgan fingerprint density at radius 2 is 1.50 bits per heavy atom. The van der Waals surface area contributed by atoms with Gasteiger partial charge in [-0.05, 0) is 53.5 Å². The van der Waals surface area contributed by atoms with Crippen molar-refractivity contribution in [1.29, 1.82) is 0 Å². The number of aliphatic carboxylic acids is 1. The highest BCUT2D eigenvalue weighted by Crippen LogP contribution is 2.14. The van der Waals surface area contributed by atoms with Crippen molar-refractivity contribution in [2.24, 2.45) is 0 Å². The van der Waals surface area contributed by atoms with Gasteiger partial charge in [0.1, 0.15) is 23.3 Å². The molecule has 1 aromatic rings. The first-order chi connectivity index (χ1) is 15.7. The summed E-state index contributed by atoms with van der Waals surface area (Å²) in [6, 6.07) is 7.18. The van der Waals surface area contributed by atoms with Gasteiger partial charge >= 0.3 is 18.0 Å². The molecule has 2 atom stereocenters. The lowest BCUT2D eigenvalue weighted by Gasteiger charge is -2.25. The molecule has 0 aliphatic heterocycles. The number of rotatable bonds is 11. The van der Waals surface area contributed by atoms with Gasteiger partial charge in [0.15, 0.2) is 0 Å². The van der Waals surface area contributed by atoms with Crippen LogP contribution in [0.4, 0.5) is 4.79 Å².